The molecule has 0 fully saturated rings. The van der Waals surface area contributed by atoms with Crippen molar-refractivity contribution in [2.75, 3.05) is 24.2 Å². The number of rotatable bonds is 8. The summed E-state index contributed by atoms with van der Waals surface area (Å²) in [5.41, 5.74) is 2.77. The van der Waals surface area contributed by atoms with Gasteiger partial charge in [-0.15, -0.1) is 0 Å². The lowest BCUT2D eigenvalue weighted by Crippen LogP contribution is -2.25. The smallest absolute Gasteiger partial charge is 0.411 e. The zero-order valence-corrected chi connectivity index (χ0v) is 15.8. The number of ether oxygens (including phenoxy) is 1. The summed E-state index contributed by atoms with van der Waals surface area (Å²) < 4.78 is 4.80. The highest BCUT2D eigenvalue weighted by molar-refractivity contribution is 7.98. The van der Waals surface area contributed by atoms with E-state index >= 15 is 0 Å². The van der Waals surface area contributed by atoms with Gasteiger partial charge < -0.3 is 10.1 Å². The molecule has 0 aliphatic rings. The van der Waals surface area contributed by atoms with Gasteiger partial charge in [0.25, 0.3) is 5.91 Å². The van der Waals surface area contributed by atoms with E-state index in [-0.39, 0.29) is 5.91 Å². The molecule has 0 unspecified atom stereocenters. The molecule has 2 rings (SSSR count). The summed E-state index contributed by atoms with van der Waals surface area (Å²) in [6.45, 7) is 2.56. The van der Waals surface area contributed by atoms with Crippen LogP contribution in [0.2, 0.25) is 0 Å². The first kappa shape index (κ1) is 20.3. The number of thioether (sulfide) groups is 1. The molecule has 0 aromatic heterocycles. The van der Waals surface area contributed by atoms with E-state index in [9.17, 15) is 9.59 Å². The third kappa shape index (κ3) is 6.68. The van der Waals surface area contributed by atoms with Crippen LogP contribution in [0.25, 0.3) is 0 Å². The molecule has 0 saturated heterocycles. The van der Waals surface area contributed by atoms with Gasteiger partial charge in [-0.1, -0.05) is 18.2 Å². The maximum absolute atomic E-state index is 12.1. The molecule has 0 radical (unpaired) electrons. The van der Waals surface area contributed by atoms with Gasteiger partial charge in [0.2, 0.25) is 0 Å². The molecule has 0 saturated carbocycles. The van der Waals surface area contributed by atoms with Gasteiger partial charge in [0.05, 0.1) is 18.2 Å². The Labute approximate surface area is 162 Å². The molecule has 0 spiro atoms. The van der Waals surface area contributed by atoms with E-state index < -0.39 is 6.09 Å². The second kappa shape index (κ2) is 10.9. The van der Waals surface area contributed by atoms with Crippen molar-refractivity contribution < 1.29 is 14.3 Å². The largest absolute Gasteiger partial charge is 0.450 e. The molecule has 7 heteroatoms. The van der Waals surface area contributed by atoms with E-state index in [2.05, 4.69) is 16.7 Å². The molecule has 0 aliphatic carbocycles. The summed E-state index contributed by atoms with van der Waals surface area (Å²) in [5.74, 6) is 1.30. The van der Waals surface area contributed by atoms with Crippen LogP contribution in [0.15, 0.2) is 48.5 Å². The SMILES string of the molecule is CCOC(=O)Nc1ccc(C(=O)NCCSCc2ccccc2C#N)cc1. The predicted molar refractivity (Wildman–Crippen MR) is 107 cm³/mol. The number of carbonyl (C=O) groups is 2. The first-order valence-electron chi connectivity index (χ1n) is 8.51. The van der Waals surface area contributed by atoms with E-state index in [1.165, 1.54) is 0 Å². The number of carbonyl (C=O) groups excluding carboxylic acids is 2. The third-order valence-electron chi connectivity index (χ3n) is 3.60. The van der Waals surface area contributed by atoms with Crippen LogP contribution in [-0.4, -0.2) is 30.9 Å². The van der Waals surface area contributed by atoms with E-state index in [0.29, 0.717) is 30.0 Å². The van der Waals surface area contributed by atoms with Gasteiger partial charge in [-0.05, 0) is 42.8 Å². The first-order valence-corrected chi connectivity index (χ1v) is 9.67. The number of anilines is 1. The van der Waals surface area contributed by atoms with Crippen molar-refractivity contribution in [1.29, 1.82) is 5.26 Å². The molecule has 2 N–H and O–H groups in total. The molecule has 2 aromatic carbocycles. The Morgan fingerprint density at radius 2 is 1.89 bits per heavy atom. The molecule has 0 atom stereocenters. The number of nitrogens with zero attached hydrogens (tertiary/aromatic N) is 1. The second-order valence-corrected chi connectivity index (χ2v) is 6.61. The minimum Gasteiger partial charge on any atom is -0.450 e. The van der Waals surface area contributed by atoms with E-state index in [4.69, 9.17) is 10.00 Å². The summed E-state index contributed by atoms with van der Waals surface area (Å²) >= 11 is 1.66. The Bertz CT molecular complexity index is 816. The summed E-state index contributed by atoms with van der Waals surface area (Å²) in [6, 6.07) is 16.3. The fourth-order valence-corrected chi connectivity index (χ4v) is 3.13. The van der Waals surface area contributed by atoms with Gasteiger partial charge in [0, 0.05) is 29.3 Å². The summed E-state index contributed by atoms with van der Waals surface area (Å²) in [5, 5.41) is 14.5. The quantitative estimate of drug-likeness (QED) is 0.677. The van der Waals surface area contributed by atoms with Gasteiger partial charge in [-0.3, -0.25) is 10.1 Å². The van der Waals surface area contributed by atoms with Crippen molar-refractivity contribution in [2.45, 2.75) is 12.7 Å². The standard InChI is InChI=1S/C20H21N3O3S/c1-2-26-20(25)23-18-9-7-15(8-10-18)19(24)22-11-12-27-14-17-6-4-3-5-16(17)13-21/h3-10H,2,11-12,14H2,1H3,(H,22,24)(H,23,25). The van der Waals surface area contributed by atoms with E-state index in [1.54, 1.807) is 49.0 Å². The van der Waals surface area contributed by atoms with Gasteiger partial charge in [0.1, 0.15) is 0 Å². The van der Waals surface area contributed by atoms with Gasteiger partial charge in [0.15, 0.2) is 0 Å². The van der Waals surface area contributed by atoms with Gasteiger partial charge >= 0.3 is 6.09 Å². The van der Waals surface area contributed by atoms with Gasteiger partial charge in [-0.2, -0.15) is 17.0 Å². The second-order valence-electron chi connectivity index (χ2n) is 5.50. The predicted octanol–water partition coefficient (Wildman–Crippen LogP) is 3.79. The maximum Gasteiger partial charge on any atom is 0.411 e. The molecule has 0 aliphatic heterocycles. The fourth-order valence-electron chi connectivity index (χ4n) is 2.27. The monoisotopic (exact) mass is 383 g/mol. The summed E-state index contributed by atoms with van der Waals surface area (Å²) in [7, 11) is 0. The maximum atomic E-state index is 12.1. The summed E-state index contributed by atoms with van der Waals surface area (Å²) in [4.78, 5) is 23.5. The van der Waals surface area contributed by atoms with Crippen LogP contribution in [-0.2, 0) is 10.5 Å². The van der Waals surface area contributed by atoms with Crippen molar-refractivity contribution in [3.05, 3.63) is 65.2 Å². The fraction of sp³-hybridized carbons (Fsp3) is 0.250. The lowest BCUT2D eigenvalue weighted by atomic mass is 10.1. The van der Waals surface area contributed by atoms with Crippen LogP contribution in [0, 0.1) is 11.3 Å². The van der Waals surface area contributed by atoms with Crippen LogP contribution < -0.4 is 10.6 Å². The molecule has 0 heterocycles. The minimum absolute atomic E-state index is 0.171. The van der Waals surface area contributed by atoms with E-state index in [0.717, 1.165) is 17.1 Å². The van der Waals surface area contributed by atoms with Crippen LogP contribution in [0.4, 0.5) is 10.5 Å². The molecular formula is C20H21N3O3S. The highest BCUT2D eigenvalue weighted by Gasteiger charge is 2.07. The van der Waals surface area contributed by atoms with Crippen LogP contribution in [0.3, 0.4) is 0 Å². The lowest BCUT2D eigenvalue weighted by molar-refractivity contribution is 0.0956. The van der Waals surface area contributed by atoms with Crippen molar-refractivity contribution in [3.63, 3.8) is 0 Å². The average molecular weight is 383 g/mol. The normalized spacial score (nSPS) is 9.93. The van der Waals surface area contributed by atoms with Crippen molar-refractivity contribution in [3.8, 4) is 6.07 Å². The molecule has 27 heavy (non-hydrogen) atoms. The minimum atomic E-state index is -0.523. The number of hydrogen-bond donors (Lipinski definition) is 2. The Morgan fingerprint density at radius 3 is 2.59 bits per heavy atom. The lowest BCUT2D eigenvalue weighted by Gasteiger charge is -2.08. The molecule has 6 nitrogen and oxygen atoms in total. The summed E-state index contributed by atoms with van der Waals surface area (Å²) in [6.07, 6.45) is -0.523. The van der Waals surface area contributed by atoms with Crippen LogP contribution in [0.5, 0.6) is 0 Å². The van der Waals surface area contributed by atoms with Crippen molar-refractivity contribution in [1.82, 2.24) is 5.32 Å². The molecular weight excluding hydrogens is 362 g/mol. The Hall–Kier alpha value is -2.98. The highest BCUT2D eigenvalue weighted by Crippen LogP contribution is 2.15. The Morgan fingerprint density at radius 1 is 1.15 bits per heavy atom. The zero-order valence-electron chi connectivity index (χ0n) is 15.0. The van der Waals surface area contributed by atoms with Crippen LogP contribution >= 0.6 is 11.8 Å². The highest BCUT2D eigenvalue weighted by atomic mass is 32.2. The molecule has 0 bridgehead atoms. The first-order chi connectivity index (χ1) is 13.1. The third-order valence-corrected chi connectivity index (χ3v) is 4.60. The molecule has 2 aromatic rings. The van der Waals surface area contributed by atoms with Crippen molar-refractivity contribution >= 4 is 29.4 Å². The number of benzene rings is 2. The molecule has 2 amide bonds. The Kier molecular flexibility index (Phi) is 8.20. The molecule has 140 valence electrons. The van der Waals surface area contributed by atoms with Gasteiger partial charge in [-0.25, -0.2) is 4.79 Å². The number of nitrogens with one attached hydrogen (secondary N) is 2. The van der Waals surface area contributed by atoms with E-state index in [1.807, 2.05) is 18.2 Å². The Balaban J connectivity index is 1.72. The average Bonchev–Trinajstić information content (AvgIpc) is 2.68. The number of amides is 2. The van der Waals surface area contributed by atoms with Crippen molar-refractivity contribution in [2.24, 2.45) is 0 Å². The number of hydrogen-bond acceptors (Lipinski definition) is 5. The topological polar surface area (TPSA) is 91.2 Å². The zero-order chi connectivity index (χ0) is 19.5. The number of nitriles is 1. The van der Waals surface area contributed by atoms with Crippen LogP contribution in [0.1, 0.15) is 28.4 Å².